The highest BCUT2D eigenvalue weighted by Gasteiger charge is 2.11. The Labute approximate surface area is 109 Å². The molecule has 0 aromatic heterocycles. The SMILES string of the molecule is CCNC(=S)NNC(=O)c1cc(Cl)ccc1O. The van der Waals surface area contributed by atoms with Gasteiger partial charge in [0.25, 0.3) is 5.91 Å². The molecule has 0 atom stereocenters. The van der Waals surface area contributed by atoms with E-state index >= 15 is 0 Å². The molecule has 0 aliphatic carbocycles. The molecule has 1 aromatic rings. The van der Waals surface area contributed by atoms with Crippen molar-refractivity contribution in [3.63, 3.8) is 0 Å². The van der Waals surface area contributed by atoms with E-state index in [9.17, 15) is 9.90 Å². The average molecular weight is 274 g/mol. The first kappa shape index (κ1) is 13.5. The maximum absolute atomic E-state index is 11.6. The van der Waals surface area contributed by atoms with E-state index in [0.717, 1.165) is 0 Å². The van der Waals surface area contributed by atoms with Gasteiger partial charge in [0, 0.05) is 11.6 Å². The maximum Gasteiger partial charge on any atom is 0.273 e. The van der Waals surface area contributed by atoms with Crippen LogP contribution in [0.4, 0.5) is 0 Å². The zero-order chi connectivity index (χ0) is 12.8. The third-order valence-electron chi connectivity index (χ3n) is 1.83. The highest BCUT2D eigenvalue weighted by molar-refractivity contribution is 7.80. The highest BCUT2D eigenvalue weighted by Crippen LogP contribution is 2.20. The van der Waals surface area contributed by atoms with Gasteiger partial charge in [-0.1, -0.05) is 11.6 Å². The van der Waals surface area contributed by atoms with E-state index < -0.39 is 5.91 Å². The Bertz CT molecular complexity index is 440. The van der Waals surface area contributed by atoms with Gasteiger partial charge < -0.3 is 10.4 Å². The molecule has 0 aliphatic rings. The van der Waals surface area contributed by atoms with Crippen LogP contribution in [0.1, 0.15) is 17.3 Å². The number of aromatic hydroxyl groups is 1. The van der Waals surface area contributed by atoms with Gasteiger partial charge in [-0.3, -0.25) is 15.6 Å². The Balaban J connectivity index is 2.64. The number of phenolic OH excluding ortho intramolecular Hbond substituents is 1. The summed E-state index contributed by atoms with van der Waals surface area (Å²) in [5.74, 6) is -0.673. The van der Waals surface area contributed by atoms with Gasteiger partial charge in [0.05, 0.1) is 5.56 Å². The molecule has 0 saturated carbocycles. The van der Waals surface area contributed by atoms with Gasteiger partial charge in [-0.15, -0.1) is 0 Å². The number of thiocarbonyl (C=S) groups is 1. The maximum atomic E-state index is 11.6. The predicted molar refractivity (Wildman–Crippen MR) is 70.0 cm³/mol. The Morgan fingerprint density at radius 2 is 2.18 bits per heavy atom. The standard InChI is InChI=1S/C10H12ClN3O2S/c1-2-12-10(17)14-13-9(16)7-5-6(11)3-4-8(7)15/h3-5,15H,2H2,1H3,(H,13,16)(H2,12,14,17). The highest BCUT2D eigenvalue weighted by atomic mass is 35.5. The zero-order valence-electron chi connectivity index (χ0n) is 9.08. The summed E-state index contributed by atoms with van der Waals surface area (Å²) in [6, 6.07) is 4.20. The molecule has 0 aliphatic heterocycles. The van der Waals surface area contributed by atoms with Gasteiger partial charge in [-0.05, 0) is 37.3 Å². The van der Waals surface area contributed by atoms with Crippen LogP contribution in [0.5, 0.6) is 5.75 Å². The first-order valence-electron chi connectivity index (χ1n) is 4.87. The number of rotatable bonds is 2. The first-order valence-corrected chi connectivity index (χ1v) is 5.66. The van der Waals surface area contributed by atoms with Crippen molar-refractivity contribution in [2.24, 2.45) is 0 Å². The van der Waals surface area contributed by atoms with Crippen molar-refractivity contribution in [3.05, 3.63) is 28.8 Å². The summed E-state index contributed by atoms with van der Waals surface area (Å²) in [6.07, 6.45) is 0. The number of amides is 1. The topological polar surface area (TPSA) is 73.4 Å². The summed E-state index contributed by atoms with van der Waals surface area (Å²) in [5, 5.41) is 12.9. The van der Waals surface area contributed by atoms with Crippen LogP contribution < -0.4 is 16.2 Å². The van der Waals surface area contributed by atoms with E-state index in [0.29, 0.717) is 16.7 Å². The molecule has 17 heavy (non-hydrogen) atoms. The van der Waals surface area contributed by atoms with Crippen LogP contribution in [0.25, 0.3) is 0 Å². The summed E-state index contributed by atoms with van der Waals surface area (Å²) < 4.78 is 0. The number of nitrogens with one attached hydrogen (secondary N) is 3. The number of benzene rings is 1. The van der Waals surface area contributed by atoms with Crippen LogP contribution in [-0.4, -0.2) is 22.7 Å². The molecule has 4 N–H and O–H groups in total. The molecule has 1 amide bonds. The minimum atomic E-state index is -0.523. The lowest BCUT2D eigenvalue weighted by Gasteiger charge is -2.10. The molecule has 92 valence electrons. The van der Waals surface area contributed by atoms with Crippen molar-refractivity contribution in [3.8, 4) is 5.75 Å². The van der Waals surface area contributed by atoms with Gasteiger partial charge in [-0.2, -0.15) is 0 Å². The van der Waals surface area contributed by atoms with Gasteiger partial charge in [0.2, 0.25) is 0 Å². The molecule has 1 rings (SSSR count). The normalized spacial score (nSPS) is 9.53. The molecule has 5 nitrogen and oxygen atoms in total. The smallest absolute Gasteiger partial charge is 0.273 e. The monoisotopic (exact) mass is 273 g/mol. The van der Waals surface area contributed by atoms with Crippen LogP contribution in [0.15, 0.2) is 18.2 Å². The summed E-state index contributed by atoms with van der Waals surface area (Å²) in [7, 11) is 0. The lowest BCUT2D eigenvalue weighted by atomic mass is 10.2. The lowest BCUT2D eigenvalue weighted by molar-refractivity contribution is 0.0941. The van der Waals surface area contributed by atoms with Crippen LogP contribution in [0.2, 0.25) is 5.02 Å². The molecule has 0 radical (unpaired) electrons. The molecule has 0 bridgehead atoms. The summed E-state index contributed by atoms with van der Waals surface area (Å²) in [4.78, 5) is 11.6. The fraction of sp³-hybridized carbons (Fsp3) is 0.200. The summed E-state index contributed by atoms with van der Waals surface area (Å²) >= 11 is 10.6. The van der Waals surface area contributed by atoms with Crippen LogP contribution in [-0.2, 0) is 0 Å². The van der Waals surface area contributed by atoms with Crippen molar-refractivity contribution in [1.82, 2.24) is 16.2 Å². The van der Waals surface area contributed by atoms with Gasteiger partial charge in [0.1, 0.15) is 5.75 Å². The van der Waals surface area contributed by atoms with Crippen LogP contribution in [0.3, 0.4) is 0 Å². The number of halogens is 1. The second-order valence-electron chi connectivity index (χ2n) is 3.10. The molecule has 0 unspecified atom stereocenters. The molecule has 0 spiro atoms. The molecule has 0 heterocycles. The summed E-state index contributed by atoms with van der Waals surface area (Å²) in [5.41, 5.74) is 4.91. The summed E-state index contributed by atoms with van der Waals surface area (Å²) in [6.45, 7) is 2.52. The average Bonchev–Trinajstić information content (AvgIpc) is 2.29. The Morgan fingerprint density at radius 1 is 1.47 bits per heavy atom. The molecule has 1 aromatic carbocycles. The van der Waals surface area contributed by atoms with Gasteiger partial charge >= 0.3 is 0 Å². The van der Waals surface area contributed by atoms with E-state index in [2.05, 4.69) is 16.2 Å². The fourth-order valence-corrected chi connectivity index (χ4v) is 1.44. The Hall–Kier alpha value is -1.53. The number of phenols is 1. The molecular weight excluding hydrogens is 262 g/mol. The molecule has 7 heteroatoms. The van der Waals surface area contributed by atoms with Crippen LogP contribution >= 0.6 is 23.8 Å². The minimum absolute atomic E-state index is 0.0734. The second-order valence-corrected chi connectivity index (χ2v) is 3.94. The number of hydrogen-bond donors (Lipinski definition) is 4. The van der Waals surface area contributed by atoms with E-state index in [-0.39, 0.29) is 11.3 Å². The predicted octanol–water partition coefficient (Wildman–Crippen LogP) is 1.17. The number of hydrogen-bond acceptors (Lipinski definition) is 3. The van der Waals surface area contributed by atoms with Crippen LogP contribution in [0, 0.1) is 0 Å². The largest absolute Gasteiger partial charge is 0.507 e. The fourth-order valence-electron chi connectivity index (χ4n) is 1.08. The number of carbonyl (C=O) groups is 1. The zero-order valence-corrected chi connectivity index (χ0v) is 10.7. The number of carbonyl (C=O) groups excluding carboxylic acids is 1. The Kier molecular flexibility index (Phi) is 4.99. The quantitative estimate of drug-likeness (QED) is 0.481. The van der Waals surface area contributed by atoms with Crippen molar-refractivity contribution < 1.29 is 9.90 Å². The van der Waals surface area contributed by atoms with Crippen molar-refractivity contribution in [2.45, 2.75) is 6.92 Å². The Morgan fingerprint density at radius 3 is 2.82 bits per heavy atom. The van der Waals surface area contributed by atoms with Gasteiger partial charge in [0.15, 0.2) is 5.11 Å². The van der Waals surface area contributed by atoms with E-state index in [1.54, 1.807) is 0 Å². The second kappa shape index (κ2) is 6.27. The van der Waals surface area contributed by atoms with Gasteiger partial charge in [-0.25, -0.2) is 0 Å². The minimum Gasteiger partial charge on any atom is -0.507 e. The van der Waals surface area contributed by atoms with Crippen molar-refractivity contribution in [2.75, 3.05) is 6.54 Å². The van der Waals surface area contributed by atoms with Crippen molar-refractivity contribution in [1.29, 1.82) is 0 Å². The van der Waals surface area contributed by atoms with E-state index in [4.69, 9.17) is 23.8 Å². The molecule has 0 saturated heterocycles. The van der Waals surface area contributed by atoms with E-state index in [1.165, 1.54) is 18.2 Å². The number of hydrazine groups is 1. The lowest BCUT2D eigenvalue weighted by Crippen LogP contribution is -2.46. The molecular formula is C10H12ClN3O2S. The van der Waals surface area contributed by atoms with E-state index in [1.807, 2.05) is 6.92 Å². The third kappa shape index (κ3) is 4.08. The van der Waals surface area contributed by atoms with Crippen molar-refractivity contribution >= 4 is 34.8 Å². The third-order valence-corrected chi connectivity index (χ3v) is 2.31. The molecule has 0 fully saturated rings. The first-order chi connectivity index (χ1) is 8.04.